The van der Waals surface area contributed by atoms with Gasteiger partial charge in [-0.2, -0.15) is 0 Å². The van der Waals surface area contributed by atoms with Crippen LogP contribution in [-0.4, -0.2) is 55.0 Å². The Morgan fingerprint density at radius 3 is 2.40 bits per heavy atom. The molecule has 2 rings (SSSR count). The normalized spacial score (nSPS) is 25.3. The van der Waals surface area contributed by atoms with E-state index in [2.05, 4.69) is 11.8 Å². The third-order valence-corrected chi connectivity index (χ3v) is 3.94. The predicted molar refractivity (Wildman–Crippen MR) is 59.4 cm³/mol. The Hall–Kier alpha value is -0.610. The highest BCUT2D eigenvalue weighted by Crippen LogP contribution is 2.40. The molecule has 15 heavy (non-hydrogen) atoms. The fourth-order valence-electron chi connectivity index (χ4n) is 2.73. The van der Waals surface area contributed by atoms with Gasteiger partial charge in [-0.1, -0.05) is 6.92 Å². The maximum atomic E-state index is 11.3. The standard InChI is InChI=1S/C11H21N3O/c1-2-13-5-3-11(4-6-13)8-14(9-11)10(15)7-12/h2-9,12H2,1H3. The largest absolute Gasteiger partial charge is 0.340 e. The molecule has 2 saturated heterocycles. The van der Waals surface area contributed by atoms with Gasteiger partial charge in [-0.3, -0.25) is 4.79 Å². The molecule has 0 atom stereocenters. The van der Waals surface area contributed by atoms with Crippen molar-refractivity contribution >= 4 is 5.91 Å². The molecule has 0 bridgehead atoms. The molecule has 2 aliphatic heterocycles. The van der Waals surface area contributed by atoms with Crippen molar-refractivity contribution < 1.29 is 4.79 Å². The van der Waals surface area contributed by atoms with E-state index in [1.807, 2.05) is 4.90 Å². The van der Waals surface area contributed by atoms with Crippen LogP contribution in [0.1, 0.15) is 19.8 Å². The second kappa shape index (κ2) is 4.10. The second-order valence-corrected chi connectivity index (χ2v) is 4.89. The highest BCUT2D eigenvalue weighted by atomic mass is 16.2. The Bertz CT molecular complexity index is 238. The Labute approximate surface area is 91.4 Å². The van der Waals surface area contributed by atoms with Gasteiger partial charge in [0, 0.05) is 18.5 Å². The first-order valence-corrected chi connectivity index (χ1v) is 5.89. The van der Waals surface area contributed by atoms with Gasteiger partial charge in [-0.05, 0) is 32.5 Å². The third kappa shape index (κ3) is 2.01. The van der Waals surface area contributed by atoms with Gasteiger partial charge in [0.1, 0.15) is 0 Å². The van der Waals surface area contributed by atoms with Crippen molar-refractivity contribution in [2.45, 2.75) is 19.8 Å². The van der Waals surface area contributed by atoms with Gasteiger partial charge in [-0.15, -0.1) is 0 Å². The Kier molecular flexibility index (Phi) is 2.98. The average molecular weight is 211 g/mol. The van der Waals surface area contributed by atoms with E-state index in [4.69, 9.17) is 5.73 Å². The number of hydrogen-bond donors (Lipinski definition) is 1. The van der Waals surface area contributed by atoms with E-state index < -0.39 is 0 Å². The lowest BCUT2D eigenvalue weighted by Gasteiger charge is -2.54. The summed E-state index contributed by atoms with van der Waals surface area (Å²) in [5, 5.41) is 0. The van der Waals surface area contributed by atoms with Gasteiger partial charge in [0.05, 0.1) is 6.54 Å². The predicted octanol–water partition coefficient (Wildman–Crippen LogP) is -0.111. The third-order valence-electron chi connectivity index (χ3n) is 3.94. The zero-order chi connectivity index (χ0) is 10.9. The van der Waals surface area contributed by atoms with Crippen LogP contribution in [-0.2, 0) is 4.79 Å². The summed E-state index contributed by atoms with van der Waals surface area (Å²) in [5.41, 5.74) is 5.79. The van der Waals surface area contributed by atoms with E-state index in [0.717, 1.165) is 19.6 Å². The summed E-state index contributed by atoms with van der Waals surface area (Å²) < 4.78 is 0. The molecule has 0 aliphatic carbocycles. The van der Waals surface area contributed by atoms with E-state index in [1.165, 1.54) is 25.9 Å². The van der Waals surface area contributed by atoms with Crippen LogP contribution >= 0.6 is 0 Å². The zero-order valence-electron chi connectivity index (χ0n) is 9.54. The van der Waals surface area contributed by atoms with Crippen molar-refractivity contribution in [1.82, 2.24) is 9.80 Å². The lowest BCUT2D eigenvalue weighted by atomic mass is 9.72. The fraction of sp³-hybridized carbons (Fsp3) is 0.909. The van der Waals surface area contributed by atoms with Gasteiger partial charge in [0.25, 0.3) is 0 Å². The van der Waals surface area contributed by atoms with Crippen LogP contribution in [0, 0.1) is 5.41 Å². The van der Waals surface area contributed by atoms with Crippen molar-refractivity contribution in [3.63, 3.8) is 0 Å². The van der Waals surface area contributed by atoms with Crippen molar-refractivity contribution in [3.8, 4) is 0 Å². The molecule has 0 aromatic rings. The SMILES string of the molecule is CCN1CCC2(CC1)CN(C(=O)CN)C2. The summed E-state index contributed by atoms with van der Waals surface area (Å²) >= 11 is 0. The van der Waals surface area contributed by atoms with E-state index in [1.54, 1.807) is 0 Å². The lowest BCUT2D eigenvalue weighted by molar-refractivity contribution is -0.145. The van der Waals surface area contributed by atoms with Crippen LogP contribution in [0.5, 0.6) is 0 Å². The van der Waals surface area contributed by atoms with Crippen molar-refractivity contribution in [2.75, 3.05) is 39.3 Å². The molecule has 0 aromatic carbocycles. The summed E-state index contributed by atoms with van der Waals surface area (Å²) in [5.74, 6) is 0.110. The molecule has 2 fully saturated rings. The summed E-state index contributed by atoms with van der Waals surface area (Å²) in [6.07, 6.45) is 2.49. The summed E-state index contributed by atoms with van der Waals surface area (Å²) in [6, 6.07) is 0. The molecule has 86 valence electrons. The monoisotopic (exact) mass is 211 g/mol. The van der Waals surface area contributed by atoms with Gasteiger partial charge in [0.15, 0.2) is 0 Å². The number of carbonyl (C=O) groups is 1. The first-order valence-electron chi connectivity index (χ1n) is 5.89. The molecule has 1 spiro atoms. The van der Waals surface area contributed by atoms with Crippen molar-refractivity contribution in [2.24, 2.45) is 11.1 Å². The highest BCUT2D eigenvalue weighted by Gasteiger charge is 2.45. The molecule has 0 radical (unpaired) electrons. The minimum atomic E-state index is 0.110. The molecule has 2 aliphatic rings. The minimum absolute atomic E-state index is 0.110. The quantitative estimate of drug-likeness (QED) is 0.693. The van der Waals surface area contributed by atoms with Crippen molar-refractivity contribution in [1.29, 1.82) is 0 Å². The first kappa shape index (κ1) is 10.9. The molecule has 1 amide bonds. The van der Waals surface area contributed by atoms with Crippen LogP contribution in [0.2, 0.25) is 0 Å². The topological polar surface area (TPSA) is 49.6 Å². The number of hydrogen-bond acceptors (Lipinski definition) is 3. The number of rotatable bonds is 2. The molecule has 2 N–H and O–H groups in total. The summed E-state index contributed by atoms with van der Waals surface area (Å²) in [7, 11) is 0. The Balaban J connectivity index is 1.80. The molecule has 2 heterocycles. The smallest absolute Gasteiger partial charge is 0.236 e. The van der Waals surface area contributed by atoms with Crippen LogP contribution < -0.4 is 5.73 Å². The molecule has 0 saturated carbocycles. The van der Waals surface area contributed by atoms with Crippen LogP contribution in [0.3, 0.4) is 0 Å². The van der Waals surface area contributed by atoms with E-state index in [0.29, 0.717) is 5.41 Å². The second-order valence-electron chi connectivity index (χ2n) is 4.89. The number of carbonyl (C=O) groups excluding carboxylic acids is 1. The van der Waals surface area contributed by atoms with Crippen LogP contribution in [0.25, 0.3) is 0 Å². The van der Waals surface area contributed by atoms with Crippen molar-refractivity contribution in [3.05, 3.63) is 0 Å². The zero-order valence-corrected chi connectivity index (χ0v) is 9.54. The van der Waals surface area contributed by atoms with Crippen LogP contribution in [0.15, 0.2) is 0 Å². The maximum absolute atomic E-state index is 11.3. The summed E-state index contributed by atoms with van der Waals surface area (Å²) in [4.78, 5) is 15.7. The minimum Gasteiger partial charge on any atom is -0.340 e. The highest BCUT2D eigenvalue weighted by molar-refractivity contribution is 5.79. The molecule has 4 heteroatoms. The number of piperidine rings is 1. The van der Waals surface area contributed by atoms with E-state index in [-0.39, 0.29) is 12.5 Å². The molecule has 0 aromatic heterocycles. The van der Waals surface area contributed by atoms with Gasteiger partial charge in [0.2, 0.25) is 5.91 Å². The molecular formula is C11H21N3O. The van der Waals surface area contributed by atoms with Gasteiger partial charge < -0.3 is 15.5 Å². The molecular weight excluding hydrogens is 190 g/mol. The lowest BCUT2D eigenvalue weighted by Crippen LogP contribution is -2.62. The first-order chi connectivity index (χ1) is 7.19. The maximum Gasteiger partial charge on any atom is 0.236 e. The fourth-order valence-corrected chi connectivity index (χ4v) is 2.73. The molecule has 0 unspecified atom stereocenters. The number of nitrogens with two attached hydrogens (primary N) is 1. The number of nitrogens with zero attached hydrogens (tertiary/aromatic N) is 2. The van der Waals surface area contributed by atoms with E-state index in [9.17, 15) is 4.79 Å². The number of likely N-dealkylation sites (tertiary alicyclic amines) is 2. The van der Waals surface area contributed by atoms with Gasteiger partial charge in [-0.25, -0.2) is 0 Å². The summed E-state index contributed by atoms with van der Waals surface area (Å²) in [6.45, 7) is 7.81. The van der Waals surface area contributed by atoms with E-state index >= 15 is 0 Å². The van der Waals surface area contributed by atoms with Crippen LogP contribution in [0.4, 0.5) is 0 Å². The van der Waals surface area contributed by atoms with Gasteiger partial charge >= 0.3 is 0 Å². The average Bonchev–Trinajstić information content (AvgIpc) is 2.25. The molecule has 4 nitrogen and oxygen atoms in total. The Morgan fingerprint density at radius 2 is 1.93 bits per heavy atom. The Morgan fingerprint density at radius 1 is 1.33 bits per heavy atom. The number of amides is 1.